The Morgan fingerprint density at radius 1 is 1.58 bits per heavy atom. The topological polar surface area (TPSA) is 61.2 Å². The van der Waals surface area contributed by atoms with E-state index >= 15 is 0 Å². The van der Waals surface area contributed by atoms with Crippen molar-refractivity contribution in [2.45, 2.75) is 25.0 Å². The Bertz CT molecular complexity index is 648. The third kappa shape index (κ3) is 2.98. The molecule has 0 amide bonds. The number of fused-ring (bicyclic) bond motifs is 1. The Balaban J connectivity index is 2.32. The average molecular weight is 298 g/mol. The summed E-state index contributed by atoms with van der Waals surface area (Å²) in [4.78, 5) is 28.1. The summed E-state index contributed by atoms with van der Waals surface area (Å²) in [6.45, 7) is 2.41. The lowest BCUT2D eigenvalue weighted by Gasteiger charge is -2.09. The van der Waals surface area contributed by atoms with Gasteiger partial charge in [0.1, 0.15) is 4.70 Å². The van der Waals surface area contributed by atoms with Gasteiger partial charge in [0.25, 0.3) is 5.56 Å². The molecule has 0 atom stereocenters. The summed E-state index contributed by atoms with van der Waals surface area (Å²) in [5.74, 6) is -0.298. The lowest BCUT2D eigenvalue weighted by Crippen LogP contribution is -2.24. The van der Waals surface area contributed by atoms with Crippen molar-refractivity contribution < 1.29 is 9.53 Å². The van der Waals surface area contributed by atoms with Gasteiger partial charge in [-0.1, -0.05) is 11.8 Å². The van der Waals surface area contributed by atoms with Crippen molar-refractivity contribution in [2.75, 3.05) is 12.9 Å². The molecule has 0 aliphatic carbocycles. The number of nitrogens with zero attached hydrogens (tertiary/aromatic N) is 2. The molecule has 2 aromatic heterocycles. The highest BCUT2D eigenvalue weighted by molar-refractivity contribution is 7.98. The zero-order valence-electron chi connectivity index (χ0n) is 10.7. The summed E-state index contributed by atoms with van der Waals surface area (Å²) < 4.78 is 7.04. The Labute approximate surface area is 118 Å². The maximum Gasteiger partial charge on any atom is 0.307 e. The molecular formula is C12H14N2O3S2. The number of hydrogen-bond donors (Lipinski definition) is 0. The molecule has 0 radical (unpaired) electrons. The summed E-state index contributed by atoms with van der Waals surface area (Å²) in [6.07, 6.45) is 2.04. The molecule has 0 aliphatic heterocycles. The van der Waals surface area contributed by atoms with Crippen LogP contribution in [0.5, 0.6) is 0 Å². The van der Waals surface area contributed by atoms with Crippen molar-refractivity contribution in [3.63, 3.8) is 0 Å². The fraction of sp³-hybridized carbons (Fsp3) is 0.417. The van der Waals surface area contributed by atoms with Crippen molar-refractivity contribution in [3.05, 3.63) is 21.8 Å². The molecule has 0 aromatic carbocycles. The maximum atomic E-state index is 12.3. The van der Waals surface area contributed by atoms with E-state index in [9.17, 15) is 9.59 Å². The van der Waals surface area contributed by atoms with E-state index in [0.717, 1.165) is 0 Å². The lowest BCUT2D eigenvalue weighted by atomic mass is 10.4. The quantitative estimate of drug-likeness (QED) is 0.481. The molecule has 2 aromatic rings. The van der Waals surface area contributed by atoms with Crippen molar-refractivity contribution in [3.8, 4) is 0 Å². The van der Waals surface area contributed by atoms with Crippen molar-refractivity contribution in [1.29, 1.82) is 0 Å². The molecular weight excluding hydrogens is 284 g/mol. The van der Waals surface area contributed by atoms with Gasteiger partial charge in [-0.3, -0.25) is 14.2 Å². The molecule has 19 heavy (non-hydrogen) atoms. The number of esters is 1. The summed E-state index contributed by atoms with van der Waals surface area (Å²) in [6, 6.07) is 1.83. The second kappa shape index (κ2) is 6.21. The van der Waals surface area contributed by atoms with Gasteiger partial charge in [-0.15, -0.1) is 11.3 Å². The monoisotopic (exact) mass is 298 g/mol. The minimum absolute atomic E-state index is 0.0892. The van der Waals surface area contributed by atoms with E-state index in [1.807, 2.05) is 17.7 Å². The molecule has 0 bridgehead atoms. The molecule has 0 unspecified atom stereocenters. The van der Waals surface area contributed by atoms with E-state index < -0.39 is 0 Å². The summed E-state index contributed by atoms with van der Waals surface area (Å²) in [7, 11) is 0. The van der Waals surface area contributed by atoms with E-state index in [2.05, 4.69) is 4.98 Å². The first-order chi connectivity index (χ1) is 9.17. The van der Waals surface area contributed by atoms with Gasteiger partial charge in [-0.05, 0) is 24.6 Å². The summed E-state index contributed by atoms with van der Waals surface area (Å²) in [5, 5.41) is 2.47. The Morgan fingerprint density at radius 2 is 2.37 bits per heavy atom. The molecule has 7 heteroatoms. The van der Waals surface area contributed by atoms with E-state index in [-0.39, 0.29) is 17.9 Å². The van der Waals surface area contributed by atoms with Crippen LogP contribution in [-0.4, -0.2) is 28.4 Å². The van der Waals surface area contributed by atoms with Crippen LogP contribution in [0, 0.1) is 0 Å². The van der Waals surface area contributed by atoms with E-state index in [1.54, 1.807) is 11.5 Å². The van der Waals surface area contributed by atoms with Gasteiger partial charge in [0.15, 0.2) is 5.16 Å². The van der Waals surface area contributed by atoms with Gasteiger partial charge in [-0.25, -0.2) is 4.98 Å². The number of carbonyl (C=O) groups is 1. The second-order valence-electron chi connectivity index (χ2n) is 3.75. The molecule has 0 spiro atoms. The van der Waals surface area contributed by atoms with Crippen LogP contribution in [0.1, 0.15) is 13.3 Å². The summed E-state index contributed by atoms with van der Waals surface area (Å²) in [5.41, 5.74) is 0.625. The van der Waals surface area contributed by atoms with Crippen LogP contribution in [0.4, 0.5) is 0 Å². The number of thiophene rings is 1. The first kappa shape index (κ1) is 14.1. The van der Waals surface area contributed by atoms with Gasteiger partial charge >= 0.3 is 5.97 Å². The van der Waals surface area contributed by atoms with Gasteiger partial charge in [0.05, 0.1) is 18.5 Å². The molecule has 0 N–H and O–H groups in total. The third-order valence-corrected chi connectivity index (χ3v) is 4.13. The van der Waals surface area contributed by atoms with Crippen LogP contribution >= 0.6 is 23.1 Å². The van der Waals surface area contributed by atoms with Crippen LogP contribution in [0.25, 0.3) is 10.2 Å². The normalized spacial score (nSPS) is 10.8. The number of hydrogen-bond acceptors (Lipinski definition) is 6. The lowest BCUT2D eigenvalue weighted by molar-refractivity contribution is -0.143. The zero-order valence-corrected chi connectivity index (χ0v) is 12.3. The number of aromatic nitrogens is 2. The molecule has 2 rings (SSSR count). The van der Waals surface area contributed by atoms with Crippen LogP contribution in [0.3, 0.4) is 0 Å². The molecule has 0 saturated carbocycles. The highest BCUT2D eigenvalue weighted by Crippen LogP contribution is 2.19. The zero-order chi connectivity index (χ0) is 13.8. The fourth-order valence-corrected chi connectivity index (χ4v) is 3.08. The number of ether oxygens (including phenoxy) is 1. The number of carbonyl (C=O) groups excluding carboxylic acids is 1. The molecule has 0 aliphatic rings. The highest BCUT2D eigenvalue weighted by Gasteiger charge is 2.12. The van der Waals surface area contributed by atoms with Gasteiger partial charge in [0.2, 0.25) is 0 Å². The Hall–Kier alpha value is -1.34. The third-order valence-electron chi connectivity index (χ3n) is 2.56. The second-order valence-corrected chi connectivity index (χ2v) is 5.43. The molecule has 5 nitrogen and oxygen atoms in total. The fourth-order valence-electron chi connectivity index (χ4n) is 1.71. The summed E-state index contributed by atoms with van der Waals surface area (Å²) >= 11 is 2.77. The van der Waals surface area contributed by atoms with Crippen molar-refractivity contribution in [1.82, 2.24) is 9.55 Å². The van der Waals surface area contributed by atoms with E-state index in [4.69, 9.17) is 4.74 Å². The molecule has 0 fully saturated rings. The van der Waals surface area contributed by atoms with Crippen molar-refractivity contribution >= 4 is 39.3 Å². The van der Waals surface area contributed by atoms with Gasteiger partial charge in [-0.2, -0.15) is 0 Å². The van der Waals surface area contributed by atoms with Crippen LogP contribution in [0.15, 0.2) is 21.4 Å². The first-order valence-corrected chi connectivity index (χ1v) is 7.95. The minimum atomic E-state index is -0.298. The van der Waals surface area contributed by atoms with E-state index in [0.29, 0.717) is 28.5 Å². The average Bonchev–Trinajstić information content (AvgIpc) is 2.86. The Morgan fingerprint density at radius 3 is 3.05 bits per heavy atom. The highest BCUT2D eigenvalue weighted by atomic mass is 32.2. The van der Waals surface area contributed by atoms with Gasteiger partial charge < -0.3 is 4.74 Å². The number of rotatable bonds is 5. The SMILES string of the molecule is CCOC(=O)CCn1c(SC)nc2ccsc2c1=O. The largest absolute Gasteiger partial charge is 0.466 e. The van der Waals surface area contributed by atoms with Crippen molar-refractivity contribution in [2.24, 2.45) is 0 Å². The molecule has 102 valence electrons. The minimum Gasteiger partial charge on any atom is -0.466 e. The first-order valence-electron chi connectivity index (χ1n) is 5.85. The predicted octanol–water partition coefficient (Wildman–Crippen LogP) is 2.13. The van der Waals surface area contributed by atoms with Crippen LogP contribution in [-0.2, 0) is 16.1 Å². The van der Waals surface area contributed by atoms with Gasteiger partial charge in [0, 0.05) is 6.54 Å². The van der Waals surface area contributed by atoms with Crippen LogP contribution < -0.4 is 5.56 Å². The van der Waals surface area contributed by atoms with E-state index in [1.165, 1.54) is 23.1 Å². The molecule has 2 heterocycles. The predicted molar refractivity (Wildman–Crippen MR) is 76.9 cm³/mol. The van der Waals surface area contributed by atoms with Crippen LogP contribution in [0.2, 0.25) is 0 Å². The smallest absolute Gasteiger partial charge is 0.307 e. The number of thioether (sulfide) groups is 1. The Kier molecular flexibility index (Phi) is 4.60. The molecule has 0 saturated heterocycles. The standard InChI is InChI=1S/C12H14N2O3S2/c1-3-17-9(15)4-6-14-11(16)10-8(5-7-19-10)13-12(14)18-2/h5,7H,3-4,6H2,1-2H3. The maximum absolute atomic E-state index is 12.3.